The van der Waals surface area contributed by atoms with Gasteiger partial charge >= 0.3 is 5.97 Å². The fourth-order valence-corrected chi connectivity index (χ4v) is 2.64. The molecule has 0 saturated heterocycles. The molecule has 0 fully saturated rings. The molecule has 3 rings (SSSR count). The first kappa shape index (κ1) is 18.3. The van der Waals surface area contributed by atoms with E-state index in [0.717, 1.165) is 11.6 Å². The van der Waals surface area contributed by atoms with Crippen molar-refractivity contribution in [2.24, 2.45) is 0 Å². The highest BCUT2D eigenvalue weighted by molar-refractivity contribution is 6.03. The number of nitrogens with one attached hydrogen (secondary N) is 1. The molecule has 1 amide bonds. The van der Waals surface area contributed by atoms with Gasteiger partial charge in [-0.3, -0.25) is 9.59 Å². The quantitative estimate of drug-likeness (QED) is 0.702. The van der Waals surface area contributed by atoms with Crippen molar-refractivity contribution in [3.8, 4) is 0 Å². The van der Waals surface area contributed by atoms with Crippen LogP contribution >= 0.6 is 0 Å². The molecule has 0 atom stereocenters. The number of benzene rings is 2. The number of amides is 1. The molecule has 0 bridgehead atoms. The number of aromatic amines is 1. The average Bonchev–Trinajstić information content (AvgIpc) is 2.66. The molecule has 138 valence electrons. The summed E-state index contributed by atoms with van der Waals surface area (Å²) in [6.45, 7) is -0.206. The lowest BCUT2D eigenvalue weighted by atomic mass is 10.1. The molecule has 0 unspecified atom stereocenters. The normalized spacial score (nSPS) is 10.6. The number of likely N-dealkylation sites (N-methyl/N-ethyl adjacent to an activating group) is 1. The van der Waals surface area contributed by atoms with Gasteiger partial charge in [-0.1, -0.05) is 30.3 Å². The number of aromatic nitrogens is 1. The number of esters is 1. The average molecular weight is 368 g/mol. The summed E-state index contributed by atoms with van der Waals surface area (Å²) in [6, 6.07) is 13.8. The van der Waals surface area contributed by atoms with Crippen LogP contribution in [-0.4, -0.2) is 35.4 Å². The summed E-state index contributed by atoms with van der Waals surface area (Å²) in [5.74, 6) is -1.52. The Morgan fingerprint density at radius 1 is 1.11 bits per heavy atom. The zero-order valence-corrected chi connectivity index (χ0v) is 14.6. The minimum Gasteiger partial charge on any atom is -0.452 e. The van der Waals surface area contributed by atoms with Crippen LogP contribution in [-0.2, 0) is 16.1 Å². The standard InChI is InChI=1S/C20H17FN2O4/c1-23(11-13-6-8-14(21)9-7-13)19(25)12-27-20(26)16-10-18(24)22-17-5-3-2-4-15(16)17/h2-10H,11-12H2,1H3,(H,22,24). The number of H-pyrrole nitrogens is 1. The Bertz CT molecular complexity index is 1040. The molecule has 3 aromatic rings. The van der Waals surface area contributed by atoms with Crippen molar-refractivity contribution in [1.82, 2.24) is 9.88 Å². The maximum atomic E-state index is 12.9. The maximum Gasteiger partial charge on any atom is 0.339 e. The second kappa shape index (κ2) is 7.82. The van der Waals surface area contributed by atoms with E-state index in [4.69, 9.17) is 4.74 Å². The molecule has 0 aliphatic heterocycles. The molecule has 27 heavy (non-hydrogen) atoms. The van der Waals surface area contributed by atoms with Gasteiger partial charge in [-0.15, -0.1) is 0 Å². The number of nitrogens with zero attached hydrogens (tertiary/aromatic N) is 1. The summed E-state index contributed by atoms with van der Waals surface area (Å²) in [5, 5.41) is 0.536. The van der Waals surface area contributed by atoms with Crippen molar-refractivity contribution >= 4 is 22.8 Å². The van der Waals surface area contributed by atoms with Crippen LogP contribution < -0.4 is 5.56 Å². The van der Waals surface area contributed by atoms with Gasteiger partial charge in [-0.2, -0.15) is 0 Å². The number of fused-ring (bicyclic) bond motifs is 1. The van der Waals surface area contributed by atoms with E-state index in [-0.39, 0.29) is 17.9 Å². The van der Waals surface area contributed by atoms with Crippen molar-refractivity contribution in [3.05, 3.63) is 81.9 Å². The molecule has 0 radical (unpaired) electrons. The summed E-state index contributed by atoms with van der Waals surface area (Å²) in [6.07, 6.45) is 0. The molecule has 1 N–H and O–H groups in total. The van der Waals surface area contributed by atoms with Crippen molar-refractivity contribution in [2.75, 3.05) is 13.7 Å². The fourth-order valence-electron chi connectivity index (χ4n) is 2.64. The summed E-state index contributed by atoms with van der Waals surface area (Å²) in [4.78, 5) is 40.3. The maximum absolute atomic E-state index is 12.9. The number of ether oxygens (including phenoxy) is 1. The van der Waals surface area contributed by atoms with Gasteiger partial charge in [-0.05, 0) is 23.8 Å². The third-order valence-corrected chi connectivity index (χ3v) is 4.06. The van der Waals surface area contributed by atoms with Gasteiger partial charge in [0.2, 0.25) is 5.56 Å². The third kappa shape index (κ3) is 4.38. The van der Waals surface area contributed by atoms with Crippen LogP contribution in [0.5, 0.6) is 0 Å². The van der Waals surface area contributed by atoms with E-state index in [2.05, 4.69) is 4.98 Å². The second-order valence-corrected chi connectivity index (χ2v) is 6.05. The highest BCUT2D eigenvalue weighted by Crippen LogP contribution is 2.15. The van der Waals surface area contributed by atoms with Crippen LogP contribution in [0.25, 0.3) is 10.9 Å². The predicted octanol–water partition coefficient (Wildman–Crippen LogP) is 2.48. The van der Waals surface area contributed by atoms with E-state index in [1.807, 2.05) is 0 Å². The topological polar surface area (TPSA) is 79.5 Å². The molecule has 0 aliphatic carbocycles. The van der Waals surface area contributed by atoms with E-state index >= 15 is 0 Å². The SMILES string of the molecule is CN(Cc1ccc(F)cc1)C(=O)COC(=O)c1cc(=O)[nH]c2ccccc12. The van der Waals surface area contributed by atoms with Crippen LogP contribution in [0.15, 0.2) is 59.4 Å². The third-order valence-electron chi connectivity index (χ3n) is 4.06. The van der Waals surface area contributed by atoms with E-state index in [9.17, 15) is 18.8 Å². The van der Waals surface area contributed by atoms with Crippen molar-refractivity contribution in [3.63, 3.8) is 0 Å². The lowest BCUT2D eigenvalue weighted by Gasteiger charge is -2.17. The molecule has 0 aliphatic rings. The molecular weight excluding hydrogens is 351 g/mol. The van der Waals surface area contributed by atoms with E-state index in [0.29, 0.717) is 10.9 Å². The van der Waals surface area contributed by atoms with Gasteiger partial charge < -0.3 is 14.6 Å². The van der Waals surface area contributed by atoms with E-state index < -0.39 is 24.0 Å². The Hall–Kier alpha value is -3.48. The number of halogens is 1. The molecule has 0 saturated carbocycles. The lowest BCUT2D eigenvalue weighted by Crippen LogP contribution is -2.31. The van der Waals surface area contributed by atoms with Crippen molar-refractivity contribution in [1.29, 1.82) is 0 Å². The van der Waals surface area contributed by atoms with Gasteiger partial charge in [0, 0.05) is 30.6 Å². The van der Waals surface area contributed by atoms with E-state index in [1.165, 1.54) is 17.0 Å². The zero-order chi connectivity index (χ0) is 19.4. The van der Waals surface area contributed by atoms with Gasteiger partial charge in [-0.25, -0.2) is 9.18 Å². The number of rotatable bonds is 5. The van der Waals surface area contributed by atoms with Crippen LogP contribution in [0.4, 0.5) is 4.39 Å². The minimum atomic E-state index is -0.749. The van der Waals surface area contributed by atoms with Crippen LogP contribution in [0, 0.1) is 5.82 Å². The van der Waals surface area contributed by atoms with Crippen LogP contribution in [0.1, 0.15) is 15.9 Å². The first-order valence-corrected chi connectivity index (χ1v) is 8.21. The predicted molar refractivity (Wildman–Crippen MR) is 97.7 cm³/mol. The summed E-state index contributed by atoms with van der Waals surface area (Å²) in [5.41, 5.74) is 0.930. The van der Waals surface area contributed by atoms with Gasteiger partial charge in [0.1, 0.15) is 5.82 Å². The molecule has 1 aromatic heterocycles. The van der Waals surface area contributed by atoms with Crippen LogP contribution in [0.2, 0.25) is 0 Å². The Kier molecular flexibility index (Phi) is 5.30. The lowest BCUT2D eigenvalue weighted by molar-refractivity contribution is -0.133. The van der Waals surface area contributed by atoms with Crippen molar-refractivity contribution in [2.45, 2.75) is 6.54 Å². The Morgan fingerprint density at radius 3 is 2.56 bits per heavy atom. The highest BCUT2D eigenvalue weighted by atomic mass is 19.1. The Labute approximate surface area is 154 Å². The molecule has 2 aromatic carbocycles. The fraction of sp³-hybridized carbons (Fsp3) is 0.150. The molecule has 0 spiro atoms. The van der Waals surface area contributed by atoms with Crippen LogP contribution in [0.3, 0.4) is 0 Å². The summed E-state index contributed by atoms with van der Waals surface area (Å²) >= 11 is 0. The second-order valence-electron chi connectivity index (χ2n) is 6.05. The van der Waals surface area contributed by atoms with Crippen molar-refractivity contribution < 1.29 is 18.7 Å². The smallest absolute Gasteiger partial charge is 0.339 e. The number of carbonyl (C=O) groups excluding carboxylic acids is 2. The zero-order valence-electron chi connectivity index (χ0n) is 14.6. The van der Waals surface area contributed by atoms with Gasteiger partial charge in [0.15, 0.2) is 6.61 Å². The number of carbonyl (C=O) groups is 2. The van der Waals surface area contributed by atoms with E-state index in [1.54, 1.807) is 43.4 Å². The molecule has 1 heterocycles. The summed E-state index contributed by atoms with van der Waals surface area (Å²) in [7, 11) is 1.56. The number of para-hydroxylation sites is 1. The van der Waals surface area contributed by atoms with Gasteiger partial charge in [0.05, 0.1) is 5.56 Å². The monoisotopic (exact) mass is 368 g/mol. The highest BCUT2D eigenvalue weighted by Gasteiger charge is 2.16. The summed E-state index contributed by atoms with van der Waals surface area (Å²) < 4.78 is 18.0. The van der Waals surface area contributed by atoms with Gasteiger partial charge in [0.25, 0.3) is 5.91 Å². The first-order chi connectivity index (χ1) is 12.9. The minimum absolute atomic E-state index is 0.100. The number of hydrogen-bond acceptors (Lipinski definition) is 4. The molecular formula is C20H17FN2O4. The Balaban J connectivity index is 1.66. The Morgan fingerprint density at radius 2 is 1.81 bits per heavy atom. The molecule has 7 heteroatoms. The number of hydrogen-bond donors (Lipinski definition) is 1. The number of pyridine rings is 1. The molecule has 6 nitrogen and oxygen atoms in total. The largest absolute Gasteiger partial charge is 0.452 e. The first-order valence-electron chi connectivity index (χ1n) is 8.21.